The van der Waals surface area contributed by atoms with Gasteiger partial charge in [0.2, 0.25) is 6.41 Å². The van der Waals surface area contributed by atoms with Crippen molar-refractivity contribution in [3.05, 3.63) is 0 Å². The van der Waals surface area contributed by atoms with E-state index < -0.39 is 11.4 Å². The SMILES string of the molecule is CN(C)C=O.O=S([O-])[O-].[Na+].[Na+]. The standard InChI is InChI=1S/C3H7NO.2Na.H2O3S/c1-4(2)3-5;;;1-4(2)3/h3H,1-2H3;;;(H2,1,2,3)/q;2*+1;/p-2. The number of hydrogen-bond donors (Lipinski definition) is 0. The Bertz CT molecular complexity index is 97.3. The van der Waals surface area contributed by atoms with Crippen molar-refractivity contribution in [1.82, 2.24) is 4.90 Å². The Morgan fingerprint density at radius 1 is 1.27 bits per heavy atom. The van der Waals surface area contributed by atoms with Crippen LogP contribution in [-0.2, 0) is 16.2 Å². The normalized spacial score (nSPS) is 6.27. The van der Waals surface area contributed by atoms with Crippen molar-refractivity contribution in [2.75, 3.05) is 14.1 Å². The summed E-state index contributed by atoms with van der Waals surface area (Å²) in [5, 5.41) is 0. The van der Waals surface area contributed by atoms with Gasteiger partial charge >= 0.3 is 59.1 Å². The third-order valence-corrected chi connectivity index (χ3v) is 0.211. The molecule has 0 atom stereocenters. The first-order valence-electron chi connectivity index (χ1n) is 1.89. The molecule has 0 N–H and O–H groups in total. The molecule has 11 heavy (non-hydrogen) atoms. The van der Waals surface area contributed by atoms with Crippen molar-refractivity contribution in [1.29, 1.82) is 0 Å². The van der Waals surface area contributed by atoms with Crippen molar-refractivity contribution in [2.24, 2.45) is 0 Å². The third-order valence-electron chi connectivity index (χ3n) is 0.211. The minimum Gasteiger partial charge on any atom is -0.784 e. The maximum Gasteiger partial charge on any atom is 1.00 e. The largest absolute Gasteiger partial charge is 1.00 e. The average molecular weight is 199 g/mol. The van der Waals surface area contributed by atoms with Gasteiger partial charge < -0.3 is 14.0 Å². The molecular weight excluding hydrogens is 192 g/mol. The van der Waals surface area contributed by atoms with Gasteiger partial charge in [-0.3, -0.25) is 9.00 Å². The number of rotatable bonds is 1. The second-order valence-electron chi connectivity index (χ2n) is 1.27. The van der Waals surface area contributed by atoms with Gasteiger partial charge in [-0.2, -0.15) is 0 Å². The molecule has 0 unspecified atom stereocenters. The first-order valence-corrected chi connectivity index (χ1v) is 2.89. The summed E-state index contributed by atoms with van der Waals surface area (Å²) in [5.41, 5.74) is 0. The summed E-state index contributed by atoms with van der Waals surface area (Å²) in [6.07, 6.45) is 0.750. The molecule has 0 aliphatic carbocycles. The van der Waals surface area contributed by atoms with Crippen molar-refractivity contribution >= 4 is 17.8 Å². The summed E-state index contributed by atoms with van der Waals surface area (Å²) in [6.45, 7) is 0. The first kappa shape index (κ1) is 22.9. The molecule has 0 saturated heterocycles. The molecule has 0 aliphatic heterocycles. The molecular formula is C3H7NNa2O4S. The number of carbonyl (C=O) groups excluding carboxylic acids is 1. The molecule has 0 bridgehead atoms. The summed E-state index contributed by atoms with van der Waals surface area (Å²) < 4.78 is 25.3. The maximum absolute atomic E-state index is 9.43. The zero-order chi connectivity index (χ0) is 7.86. The topological polar surface area (TPSA) is 83.5 Å². The van der Waals surface area contributed by atoms with Gasteiger partial charge in [0.15, 0.2) is 0 Å². The van der Waals surface area contributed by atoms with Gasteiger partial charge in [0.05, 0.1) is 0 Å². The van der Waals surface area contributed by atoms with Gasteiger partial charge in [-0.05, 0) is 0 Å². The number of hydrogen-bond acceptors (Lipinski definition) is 4. The number of amides is 1. The zero-order valence-corrected chi connectivity index (χ0v) is 11.9. The Labute approximate surface area is 113 Å². The summed E-state index contributed by atoms with van der Waals surface area (Å²) in [6, 6.07) is 0. The molecule has 56 valence electrons. The van der Waals surface area contributed by atoms with Gasteiger partial charge in [0.25, 0.3) is 0 Å². The smallest absolute Gasteiger partial charge is 0.784 e. The average Bonchev–Trinajstić information content (AvgIpc) is 1.65. The van der Waals surface area contributed by atoms with Crippen molar-refractivity contribution < 1.29 is 77.2 Å². The van der Waals surface area contributed by atoms with Crippen LogP contribution >= 0.6 is 0 Å². The van der Waals surface area contributed by atoms with Gasteiger partial charge in [0.1, 0.15) is 0 Å². The molecule has 0 aliphatic rings. The minimum atomic E-state index is -3.11. The minimum absolute atomic E-state index is 0. The van der Waals surface area contributed by atoms with Crippen LogP contribution < -0.4 is 59.1 Å². The molecule has 0 aromatic heterocycles. The molecule has 0 radical (unpaired) electrons. The van der Waals surface area contributed by atoms with E-state index in [1.165, 1.54) is 4.90 Å². The number of nitrogens with zero attached hydrogens (tertiary/aromatic N) is 1. The predicted molar refractivity (Wildman–Crippen MR) is 29.4 cm³/mol. The van der Waals surface area contributed by atoms with Crippen LogP contribution in [0.25, 0.3) is 0 Å². The molecule has 1 amide bonds. The second kappa shape index (κ2) is 17.6. The van der Waals surface area contributed by atoms with E-state index in [4.69, 9.17) is 13.3 Å². The molecule has 0 rings (SSSR count). The monoisotopic (exact) mass is 199 g/mol. The molecule has 0 fully saturated rings. The molecule has 8 heteroatoms. The Morgan fingerprint density at radius 2 is 1.36 bits per heavy atom. The molecule has 0 saturated carbocycles. The van der Waals surface area contributed by atoms with Gasteiger partial charge in [0, 0.05) is 14.1 Å². The second-order valence-corrected chi connectivity index (χ2v) is 1.68. The van der Waals surface area contributed by atoms with Crippen molar-refractivity contribution in [3.8, 4) is 0 Å². The summed E-state index contributed by atoms with van der Waals surface area (Å²) >= 11 is -3.11. The van der Waals surface area contributed by atoms with Crippen LogP contribution in [0.4, 0.5) is 0 Å². The van der Waals surface area contributed by atoms with Gasteiger partial charge in [-0.1, -0.05) is 0 Å². The molecule has 0 aromatic carbocycles. The molecule has 0 spiro atoms. The van der Waals surface area contributed by atoms with E-state index in [0.29, 0.717) is 0 Å². The van der Waals surface area contributed by atoms with Crippen LogP contribution in [0.5, 0.6) is 0 Å². The van der Waals surface area contributed by atoms with Crippen LogP contribution in [0, 0.1) is 0 Å². The van der Waals surface area contributed by atoms with Crippen LogP contribution in [0.1, 0.15) is 0 Å². The van der Waals surface area contributed by atoms with Crippen LogP contribution in [-0.4, -0.2) is 38.7 Å². The van der Waals surface area contributed by atoms with Crippen LogP contribution in [0.2, 0.25) is 0 Å². The quantitative estimate of drug-likeness (QED) is 0.238. The van der Waals surface area contributed by atoms with E-state index in [1.54, 1.807) is 14.1 Å². The zero-order valence-electron chi connectivity index (χ0n) is 7.07. The Balaban J connectivity index is -0.0000000383. The fourth-order valence-electron chi connectivity index (χ4n) is 0. The van der Waals surface area contributed by atoms with E-state index in [2.05, 4.69) is 0 Å². The molecule has 0 heterocycles. The van der Waals surface area contributed by atoms with Gasteiger partial charge in [-0.15, -0.1) is 11.4 Å². The van der Waals surface area contributed by atoms with E-state index >= 15 is 0 Å². The fraction of sp³-hybridized carbons (Fsp3) is 0.667. The van der Waals surface area contributed by atoms with Crippen LogP contribution in [0.3, 0.4) is 0 Å². The van der Waals surface area contributed by atoms with E-state index in [9.17, 15) is 4.79 Å². The predicted octanol–water partition coefficient (Wildman–Crippen LogP) is -7.29. The maximum atomic E-state index is 9.43. The number of carbonyl (C=O) groups is 1. The van der Waals surface area contributed by atoms with Crippen LogP contribution in [0.15, 0.2) is 0 Å². The summed E-state index contributed by atoms with van der Waals surface area (Å²) in [7, 11) is 3.38. The first-order chi connectivity index (χ1) is 4.00. The Hall–Kier alpha value is 1.54. The molecule has 0 aromatic rings. The van der Waals surface area contributed by atoms with E-state index in [-0.39, 0.29) is 59.1 Å². The van der Waals surface area contributed by atoms with Crippen molar-refractivity contribution in [3.63, 3.8) is 0 Å². The summed E-state index contributed by atoms with van der Waals surface area (Å²) in [5.74, 6) is 0. The third kappa shape index (κ3) is 83.8. The van der Waals surface area contributed by atoms with E-state index in [0.717, 1.165) is 6.41 Å². The Kier molecular flexibility index (Phi) is 36.6. The summed E-state index contributed by atoms with van der Waals surface area (Å²) in [4.78, 5) is 10.9. The fourth-order valence-corrected chi connectivity index (χ4v) is 0. The Morgan fingerprint density at radius 3 is 1.36 bits per heavy atom. The van der Waals surface area contributed by atoms with E-state index in [1.807, 2.05) is 0 Å². The molecule has 5 nitrogen and oxygen atoms in total. The van der Waals surface area contributed by atoms with Gasteiger partial charge in [-0.25, -0.2) is 0 Å². The van der Waals surface area contributed by atoms with Crippen molar-refractivity contribution in [2.45, 2.75) is 0 Å².